The van der Waals surface area contributed by atoms with Gasteiger partial charge in [-0.15, -0.1) is 0 Å². The Hall–Kier alpha value is -3.36. The Morgan fingerprint density at radius 2 is 1.51 bits per heavy atom. The van der Waals surface area contributed by atoms with Crippen molar-refractivity contribution in [2.24, 2.45) is 0 Å². The maximum absolute atomic E-state index is 14.1. The summed E-state index contributed by atoms with van der Waals surface area (Å²) >= 11 is 6.44. The van der Waals surface area contributed by atoms with Crippen LogP contribution in [0.3, 0.4) is 0 Å². The highest BCUT2D eigenvalue weighted by Gasteiger charge is 2.35. The van der Waals surface area contributed by atoms with Crippen LogP contribution in [0.15, 0.2) is 83.8 Å². The minimum Gasteiger partial charge on any atom is -0.350 e. The molecule has 0 aliphatic rings. The van der Waals surface area contributed by atoms with Gasteiger partial charge in [0.2, 0.25) is 11.8 Å². The average molecular weight is 570 g/mol. The summed E-state index contributed by atoms with van der Waals surface area (Å²) in [4.78, 5) is 29.0. The quantitative estimate of drug-likeness (QED) is 0.346. The molecule has 208 valence electrons. The number of carbonyl (C=O) groups is 2. The number of anilines is 1. The van der Waals surface area contributed by atoms with Crippen LogP contribution >= 0.6 is 11.6 Å². The maximum atomic E-state index is 14.1. The number of aryl methyl sites for hydroxylation is 1. The number of rotatable bonds is 10. The summed E-state index contributed by atoms with van der Waals surface area (Å²) in [5, 5.41) is 3.41. The van der Waals surface area contributed by atoms with Crippen molar-refractivity contribution in [3.05, 3.63) is 95.0 Å². The van der Waals surface area contributed by atoms with Gasteiger partial charge in [-0.05, 0) is 69.5 Å². The van der Waals surface area contributed by atoms with Gasteiger partial charge in [-0.2, -0.15) is 0 Å². The van der Waals surface area contributed by atoms with Crippen molar-refractivity contribution in [3.63, 3.8) is 0 Å². The van der Waals surface area contributed by atoms with Gasteiger partial charge in [0.1, 0.15) is 12.6 Å². The lowest BCUT2D eigenvalue weighted by atomic mass is 10.1. The van der Waals surface area contributed by atoms with Gasteiger partial charge in [-0.25, -0.2) is 8.42 Å². The second-order valence-electron chi connectivity index (χ2n) is 10.4. The molecular formula is C30H36ClN3O4S. The fraction of sp³-hybridized carbons (Fsp3) is 0.333. The third-order valence-electron chi connectivity index (χ3n) is 6.18. The van der Waals surface area contributed by atoms with E-state index in [0.29, 0.717) is 28.3 Å². The first kappa shape index (κ1) is 30.2. The van der Waals surface area contributed by atoms with Crippen LogP contribution in [0.4, 0.5) is 5.69 Å². The van der Waals surface area contributed by atoms with E-state index < -0.39 is 34.1 Å². The SMILES string of the molecule is CCC(C(=O)NC(C)(C)C)N(Cc1ccccc1Cl)C(=O)CN(c1ccccc1C)S(=O)(=O)c1ccccc1. The van der Waals surface area contributed by atoms with E-state index >= 15 is 0 Å². The topological polar surface area (TPSA) is 86.8 Å². The van der Waals surface area contributed by atoms with Gasteiger partial charge in [0.25, 0.3) is 10.0 Å². The zero-order valence-electron chi connectivity index (χ0n) is 23.0. The smallest absolute Gasteiger partial charge is 0.264 e. The Morgan fingerprint density at radius 3 is 2.10 bits per heavy atom. The van der Waals surface area contributed by atoms with Crippen LogP contribution in [-0.2, 0) is 26.2 Å². The van der Waals surface area contributed by atoms with Crippen LogP contribution in [0, 0.1) is 6.92 Å². The number of hydrogen-bond acceptors (Lipinski definition) is 4. The van der Waals surface area contributed by atoms with Gasteiger partial charge < -0.3 is 10.2 Å². The van der Waals surface area contributed by atoms with E-state index in [1.54, 1.807) is 67.6 Å². The van der Waals surface area contributed by atoms with E-state index in [2.05, 4.69) is 5.32 Å². The molecule has 3 rings (SSSR count). The minimum absolute atomic E-state index is 0.0432. The molecule has 0 aromatic heterocycles. The van der Waals surface area contributed by atoms with E-state index in [1.807, 2.05) is 33.8 Å². The molecule has 9 heteroatoms. The first-order chi connectivity index (χ1) is 18.3. The highest BCUT2D eigenvalue weighted by Crippen LogP contribution is 2.28. The number of nitrogens with zero attached hydrogens (tertiary/aromatic N) is 2. The molecule has 2 amide bonds. The van der Waals surface area contributed by atoms with E-state index in [0.717, 1.165) is 4.31 Å². The third kappa shape index (κ3) is 7.61. The first-order valence-electron chi connectivity index (χ1n) is 12.8. The van der Waals surface area contributed by atoms with Gasteiger partial charge in [-0.3, -0.25) is 13.9 Å². The summed E-state index contributed by atoms with van der Waals surface area (Å²) in [6.45, 7) is 8.76. The van der Waals surface area contributed by atoms with E-state index in [1.165, 1.54) is 17.0 Å². The lowest BCUT2D eigenvalue weighted by Gasteiger charge is -2.35. The van der Waals surface area contributed by atoms with Crippen molar-refractivity contribution in [1.29, 1.82) is 0 Å². The van der Waals surface area contributed by atoms with Crippen LogP contribution in [0.25, 0.3) is 0 Å². The number of amides is 2. The summed E-state index contributed by atoms with van der Waals surface area (Å²) < 4.78 is 28.9. The highest BCUT2D eigenvalue weighted by atomic mass is 35.5. The van der Waals surface area contributed by atoms with Gasteiger partial charge >= 0.3 is 0 Å². The summed E-state index contributed by atoms with van der Waals surface area (Å²) in [7, 11) is -4.11. The van der Waals surface area contributed by atoms with Crippen molar-refractivity contribution in [3.8, 4) is 0 Å². The number of carbonyl (C=O) groups excluding carboxylic acids is 2. The third-order valence-corrected chi connectivity index (χ3v) is 8.32. The van der Waals surface area contributed by atoms with Gasteiger partial charge in [0, 0.05) is 17.1 Å². The zero-order valence-corrected chi connectivity index (χ0v) is 24.6. The molecule has 0 aliphatic heterocycles. The molecule has 3 aromatic carbocycles. The van der Waals surface area contributed by atoms with Gasteiger partial charge in [0.05, 0.1) is 10.6 Å². The van der Waals surface area contributed by atoms with E-state index in [-0.39, 0.29) is 17.3 Å². The number of nitrogens with one attached hydrogen (secondary N) is 1. The largest absolute Gasteiger partial charge is 0.350 e. The van der Waals surface area contributed by atoms with E-state index in [4.69, 9.17) is 11.6 Å². The molecule has 0 fully saturated rings. The van der Waals surface area contributed by atoms with Gasteiger partial charge in [0.15, 0.2) is 0 Å². The Balaban J connectivity index is 2.09. The molecule has 1 atom stereocenters. The van der Waals surface area contributed by atoms with Crippen LogP contribution in [0.1, 0.15) is 45.2 Å². The first-order valence-corrected chi connectivity index (χ1v) is 14.6. The Bertz CT molecular complexity index is 1400. The molecule has 0 saturated carbocycles. The van der Waals surface area contributed by atoms with Crippen LogP contribution in [-0.4, -0.2) is 43.3 Å². The molecule has 0 spiro atoms. The summed E-state index contributed by atoms with van der Waals surface area (Å²) in [5.41, 5.74) is 1.22. The second-order valence-corrected chi connectivity index (χ2v) is 12.7. The number of benzene rings is 3. The molecule has 39 heavy (non-hydrogen) atoms. The Morgan fingerprint density at radius 1 is 0.923 bits per heavy atom. The lowest BCUT2D eigenvalue weighted by Crippen LogP contribution is -2.55. The van der Waals surface area contributed by atoms with Gasteiger partial charge in [-0.1, -0.05) is 73.1 Å². The molecule has 7 nitrogen and oxygen atoms in total. The van der Waals surface area contributed by atoms with Crippen molar-refractivity contribution in [2.45, 2.75) is 64.1 Å². The second kappa shape index (κ2) is 12.7. The lowest BCUT2D eigenvalue weighted by molar-refractivity contribution is -0.141. The van der Waals surface area contributed by atoms with Crippen molar-refractivity contribution in [2.75, 3.05) is 10.8 Å². The standard InChI is InChI=1S/C30H36ClN3O4S/c1-6-26(29(36)32-30(3,4)5)33(20-23-15-11-12-18-25(23)31)28(35)21-34(27-19-13-10-14-22(27)2)39(37,38)24-16-8-7-9-17-24/h7-19,26H,6,20-21H2,1-5H3,(H,32,36). The average Bonchev–Trinajstić information content (AvgIpc) is 2.88. The van der Waals surface area contributed by atoms with Crippen molar-refractivity contribution >= 4 is 39.1 Å². The predicted molar refractivity (Wildman–Crippen MR) is 156 cm³/mol. The summed E-state index contributed by atoms with van der Waals surface area (Å²) in [5.74, 6) is -0.840. The molecule has 1 N–H and O–H groups in total. The zero-order chi connectivity index (χ0) is 28.8. The molecule has 0 radical (unpaired) electrons. The fourth-order valence-corrected chi connectivity index (χ4v) is 5.95. The molecule has 0 heterocycles. The highest BCUT2D eigenvalue weighted by molar-refractivity contribution is 7.92. The summed E-state index contributed by atoms with van der Waals surface area (Å²) in [6, 6.07) is 21.3. The van der Waals surface area contributed by atoms with Crippen molar-refractivity contribution in [1.82, 2.24) is 10.2 Å². The molecular weight excluding hydrogens is 534 g/mol. The normalized spacial score (nSPS) is 12.5. The van der Waals surface area contributed by atoms with E-state index in [9.17, 15) is 18.0 Å². The molecule has 1 unspecified atom stereocenters. The van der Waals surface area contributed by atoms with Crippen LogP contribution in [0.5, 0.6) is 0 Å². The molecule has 0 aliphatic carbocycles. The maximum Gasteiger partial charge on any atom is 0.264 e. The monoisotopic (exact) mass is 569 g/mol. The van der Waals surface area contributed by atoms with Crippen LogP contribution in [0.2, 0.25) is 5.02 Å². The number of para-hydroxylation sites is 1. The minimum atomic E-state index is -4.11. The van der Waals surface area contributed by atoms with Crippen LogP contribution < -0.4 is 9.62 Å². The predicted octanol–water partition coefficient (Wildman–Crippen LogP) is 5.57. The molecule has 0 bridgehead atoms. The summed E-state index contributed by atoms with van der Waals surface area (Å²) in [6.07, 6.45) is 0.327. The van der Waals surface area contributed by atoms with Crippen molar-refractivity contribution < 1.29 is 18.0 Å². The number of halogens is 1. The Labute approximate surface area is 236 Å². The fourth-order valence-electron chi connectivity index (χ4n) is 4.26. The Kier molecular flexibility index (Phi) is 9.80. The number of sulfonamides is 1. The molecule has 0 saturated heterocycles. The molecule has 3 aromatic rings. The number of hydrogen-bond donors (Lipinski definition) is 1.